The van der Waals surface area contributed by atoms with Crippen LogP contribution < -0.4 is 0 Å². The van der Waals surface area contributed by atoms with E-state index in [1.165, 1.54) is 71.2 Å². The van der Waals surface area contributed by atoms with Gasteiger partial charge < -0.3 is 0 Å². The average molecular weight is 441 g/mol. The maximum absolute atomic E-state index is 5.20. The van der Waals surface area contributed by atoms with Gasteiger partial charge in [-0.2, -0.15) is 0 Å². The van der Waals surface area contributed by atoms with Crippen LogP contribution in [0.1, 0.15) is 79.5 Å². The van der Waals surface area contributed by atoms with Crippen molar-refractivity contribution in [2.24, 2.45) is 0 Å². The van der Waals surface area contributed by atoms with Crippen molar-refractivity contribution in [1.82, 2.24) is 9.88 Å². The molecular formula is C31H40N2. The Kier molecular flexibility index (Phi) is 7.98. The molecule has 1 fully saturated rings. The fourth-order valence-corrected chi connectivity index (χ4v) is 5.58. The summed E-state index contributed by atoms with van der Waals surface area (Å²) in [5.74, 6) is 0. The van der Waals surface area contributed by atoms with E-state index >= 15 is 0 Å². The molecule has 1 aromatic heterocycles. The molecule has 0 saturated heterocycles. The Morgan fingerprint density at radius 2 is 1.48 bits per heavy atom. The molecule has 174 valence electrons. The van der Waals surface area contributed by atoms with Gasteiger partial charge in [-0.1, -0.05) is 81.6 Å². The second-order valence-electron chi connectivity index (χ2n) is 9.73. The second kappa shape index (κ2) is 11.1. The molecule has 0 spiro atoms. The summed E-state index contributed by atoms with van der Waals surface area (Å²) in [6.45, 7) is 11.0. The van der Waals surface area contributed by atoms with Crippen molar-refractivity contribution >= 4 is 0 Å². The summed E-state index contributed by atoms with van der Waals surface area (Å²) in [4.78, 5) is 7.92. The molecule has 4 rings (SSSR count). The lowest BCUT2D eigenvalue weighted by molar-refractivity contribution is 0.139. The Labute approximate surface area is 201 Å². The fraction of sp³-hybridized carbons (Fsp3) is 0.452. The third kappa shape index (κ3) is 5.55. The summed E-state index contributed by atoms with van der Waals surface area (Å²) >= 11 is 0. The van der Waals surface area contributed by atoms with Crippen LogP contribution in [0.3, 0.4) is 0 Å². The van der Waals surface area contributed by atoms with Gasteiger partial charge in [0.05, 0.1) is 5.69 Å². The molecule has 0 bridgehead atoms. The highest BCUT2D eigenvalue weighted by Crippen LogP contribution is 2.32. The Hall–Kier alpha value is -2.45. The van der Waals surface area contributed by atoms with Crippen LogP contribution in [0.5, 0.6) is 0 Å². The average Bonchev–Trinajstić information content (AvgIpc) is 2.86. The Balaban J connectivity index is 1.67. The van der Waals surface area contributed by atoms with Crippen LogP contribution in [0, 0.1) is 13.8 Å². The van der Waals surface area contributed by atoms with E-state index in [1.54, 1.807) is 0 Å². The zero-order valence-electron chi connectivity index (χ0n) is 21.0. The van der Waals surface area contributed by atoms with Crippen molar-refractivity contribution in [3.8, 4) is 11.3 Å². The number of nitrogens with zero attached hydrogens (tertiary/aromatic N) is 2. The van der Waals surface area contributed by atoms with Crippen molar-refractivity contribution in [3.05, 3.63) is 88.1 Å². The predicted molar refractivity (Wildman–Crippen MR) is 140 cm³/mol. The normalized spacial score (nSPS) is 14.7. The highest BCUT2D eigenvalue weighted by molar-refractivity contribution is 5.69. The molecule has 1 aliphatic rings. The van der Waals surface area contributed by atoms with E-state index in [9.17, 15) is 0 Å². The molecule has 1 aliphatic carbocycles. The molecule has 0 amide bonds. The molecule has 2 aromatic carbocycles. The Morgan fingerprint density at radius 1 is 0.818 bits per heavy atom. The zero-order valence-corrected chi connectivity index (χ0v) is 21.0. The lowest BCUT2D eigenvalue weighted by Crippen LogP contribution is -2.36. The quantitative estimate of drug-likeness (QED) is 0.355. The highest BCUT2D eigenvalue weighted by Gasteiger charge is 2.23. The molecular weight excluding hydrogens is 400 g/mol. The molecule has 2 nitrogen and oxygen atoms in total. The van der Waals surface area contributed by atoms with Gasteiger partial charge in [0, 0.05) is 30.4 Å². The van der Waals surface area contributed by atoms with Crippen molar-refractivity contribution in [2.45, 2.75) is 91.8 Å². The van der Waals surface area contributed by atoms with Gasteiger partial charge in [0.2, 0.25) is 0 Å². The number of hydrogen-bond acceptors (Lipinski definition) is 2. The van der Waals surface area contributed by atoms with Gasteiger partial charge >= 0.3 is 0 Å². The van der Waals surface area contributed by atoms with Gasteiger partial charge in [-0.25, -0.2) is 0 Å². The van der Waals surface area contributed by atoms with Crippen LogP contribution in [0.25, 0.3) is 11.3 Å². The number of rotatable bonds is 8. The summed E-state index contributed by atoms with van der Waals surface area (Å²) in [5.41, 5.74) is 10.7. The van der Waals surface area contributed by atoms with Crippen LogP contribution in [0.15, 0.2) is 54.6 Å². The topological polar surface area (TPSA) is 16.1 Å². The minimum atomic E-state index is 0.671. The molecule has 3 aromatic rings. The van der Waals surface area contributed by atoms with E-state index in [2.05, 4.69) is 87.2 Å². The molecule has 0 unspecified atom stereocenters. The standard InChI is InChI=1S/C31H40N2/c1-5-26-16-13-17-27(6-2)31(26)30-20-23(3)29(24(4)32-30)22-33(28-18-11-8-12-19-28)21-25-14-9-7-10-15-25/h7,9-10,13-17,20,28H,5-6,8,11-12,18-19,21-22H2,1-4H3. The first-order chi connectivity index (χ1) is 16.1. The largest absolute Gasteiger partial charge is 0.292 e. The minimum absolute atomic E-state index is 0.671. The van der Waals surface area contributed by atoms with Crippen LogP contribution >= 0.6 is 0 Å². The SMILES string of the molecule is CCc1cccc(CC)c1-c1cc(C)c(CN(Cc2ccccc2)C2CCCCC2)c(C)n1. The Bertz CT molecular complexity index is 1000. The van der Waals surface area contributed by atoms with E-state index in [0.29, 0.717) is 6.04 Å². The van der Waals surface area contributed by atoms with Gasteiger partial charge in [0.25, 0.3) is 0 Å². The summed E-state index contributed by atoms with van der Waals surface area (Å²) in [6.07, 6.45) is 8.83. The molecule has 2 heteroatoms. The molecule has 33 heavy (non-hydrogen) atoms. The lowest BCUT2D eigenvalue weighted by atomic mass is 9.92. The summed E-state index contributed by atoms with van der Waals surface area (Å²) < 4.78 is 0. The number of hydrogen-bond donors (Lipinski definition) is 0. The second-order valence-corrected chi connectivity index (χ2v) is 9.73. The third-order valence-corrected chi connectivity index (χ3v) is 7.49. The monoisotopic (exact) mass is 440 g/mol. The van der Waals surface area contributed by atoms with Crippen LogP contribution in [0.4, 0.5) is 0 Å². The van der Waals surface area contributed by atoms with Gasteiger partial charge in [-0.3, -0.25) is 9.88 Å². The molecule has 0 aliphatic heterocycles. The van der Waals surface area contributed by atoms with E-state index < -0.39 is 0 Å². The fourth-order valence-electron chi connectivity index (χ4n) is 5.58. The first kappa shape index (κ1) is 23.7. The lowest BCUT2D eigenvalue weighted by Gasteiger charge is -2.35. The van der Waals surface area contributed by atoms with Gasteiger partial charge in [0.1, 0.15) is 0 Å². The summed E-state index contributed by atoms with van der Waals surface area (Å²) in [5, 5.41) is 0. The van der Waals surface area contributed by atoms with Gasteiger partial charge in [-0.05, 0) is 73.4 Å². The predicted octanol–water partition coefficient (Wildman–Crippen LogP) is 7.83. The number of aryl methyl sites for hydroxylation is 4. The minimum Gasteiger partial charge on any atom is -0.292 e. The molecule has 1 saturated carbocycles. The van der Waals surface area contributed by atoms with Crippen molar-refractivity contribution in [2.75, 3.05) is 0 Å². The van der Waals surface area contributed by atoms with Crippen molar-refractivity contribution < 1.29 is 0 Å². The number of aromatic nitrogens is 1. The van der Waals surface area contributed by atoms with Crippen molar-refractivity contribution in [1.29, 1.82) is 0 Å². The van der Waals surface area contributed by atoms with Gasteiger partial charge in [0.15, 0.2) is 0 Å². The summed E-state index contributed by atoms with van der Waals surface area (Å²) in [6, 6.07) is 20.7. The molecule has 1 heterocycles. The third-order valence-electron chi connectivity index (χ3n) is 7.49. The molecule has 0 N–H and O–H groups in total. The number of pyridine rings is 1. The Morgan fingerprint density at radius 3 is 2.09 bits per heavy atom. The van der Waals surface area contributed by atoms with Crippen LogP contribution in [-0.2, 0) is 25.9 Å². The van der Waals surface area contributed by atoms with Crippen molar-refractivity contribution in [3.63, 3.8) is 0 Å². The molecule has 0 atom stereocenters. The van der Waals surface area contributed by atoms with Gasteiger partial charge in [-0.15, -0.1) is 0 Å². The first-order valence-electron chi connectivity index (χ1n) is 13.0. The summed E-state index contributed by atoms with van der Waals surface area (Å²) in [7, 11) is 0. The molecule has 0 radical (unpaired) electrons. The van der Waals surface area contributed by atoms with E-state index in [1.807, 2.05) is 0 Å². The maximum atomic E-state index is 5.20. The van der Waals surface area contributed by atoms with E-state index in [-0.39, 0.29) is 0 Å². The first-order valence-corrected chi connectivity index (χ1v) is 13.0. The van der Waals surface area contributed by atoms with Crippen LogP contribution in [-0.4, -0.2) is 15.9 Å². The van der Waals surface area contributed by atoms with E-state index in [4.69, 9.17) is 4.98 Å². The van der Waals surface area contributed by atoms with E-state index in [0.717, 1.165) is 31.6 Å². The van der Waals surface area contributed by atoms with Crippen LogP contribution in [0.2, 0.25) is 0 Å². The highest BCUT2D eigenvalue weighted by atomic mass is 15.2. The smallest absolute Gasteiger partial charge is 0.0713 e. The maximum Gasteiger partial charge on any atom is 0.0713 e. The number of benzene rings is 2. The zero-order chi connectivity index (χ0) is 23.2.